The molecule has 2 amide bonds. The Kier molecular flexibility index (Phi) is 6.98. The van der Waals surface area contributed by atoms with Gasteiger partial charge in [-0.1, -0.05) is 41.6 Å². The lowest BCUT2D eigenvalue weighted by Crippen LogP contribution is -2.23. The van der Waals surface area contributed by atoms with Crippen LogP contribution in [0.3, 0.4) is 0 Å². The molecular formula is C27H23ClN6O2S. The van der Waals surface area contributed by atoms with Crippen molar-refractivity contribution in [3.63, 3.8) is 0 Å². The predicted octanol–water partition coefficient (Wildman–Crippen LogP) is 6.15. The summed E-state index contributed by atoms with van der Waals surface area (Å²) in [7, 11) is 0. The maximum absolute atomic E-state index is 13.0. The van der Waals surface area contributed by atoms with Gasteiger partial charge in [-0.2, -0.15) is 0 Å². The van der Waals surface area contributed by atoms with Gasteiger partial charge in [0.1, 0.15) is 0 Å². The standard InChI is InChI=1S/C27H23ClN6O2S/c1-16(26(36)31-20-11-9-19(10-12-20)30-17(2)35)37-27-33-32-25(34(27)21-13-7-18(28)8-14-21)23-15-29-24-6-4-3-5-22(23)24/h3-16,29H,1-2H3,(H,30,35)(H,31,36). The molecule has 2 heterocycles. The minimum absolute atomic E-state index is 0.154. The van der Waals surface area contributed by atoms with Crippen LogP contribution in [-0.2, 0) is 9.59 Å². The summed E-state index contributed by atoms with van der Waals surface area (Å²) < 4.78 is 1.93. The number of amides is 2. The van der Waals surface area contributed by atoms with E-state index in [1.807, 2.05) is 66.2 Å². The number of benzene rings is 3. The summed E-state index contributed by atoms with van der Waals surface area (Å²) in [5.74, 6) is 0.318. The third-order valence-corrected chi connectivity index (χ3v) is 6.97. The van der Waals surface area contributed by atoms with Crippen molar-refractivity contribution >= 4 is 57.5 Å². The first-order chi connectivity index (χ1) is 17.9. The molecule has 5 aromatic rings. The summed E-state index contributed by atoms with van der Waals surface area (Å²) in [6.07, 6.45) is 1.91. The van der Waals surface area contributed by atoms with E-state index in [0.717, 1.165) is 22.2 Å². The monoisotopic (exact) mass is 530 g/mol. The molecule has 1 unspecified atom stereocenters. The van der Waals surface area contributed by atoms with Crippen LogP contribution in [0.1, 0.15) is 13.8 Å². The van der Waals surface area contributed by atoms with Gasteiger partial charge in [0.25, 0.3) is 0 Å². The SMILES string of the molecule is CC(=O)Nc1ccc(NC(=O)C(C)Sc2nnc(-c3c[nH]c4ccccc34)n2-c2ccc(Cl)cc2)cc1. The molecule has 0 aliphatic carbocycles. The number of thioether (sulfide) groups is 1. The van der Waals surface area contributed by atoms with Crippen LogP contribution in [0.5, 0.6) is 0 Å². The molecule has 0 spiro atoms. The average molecular weight is 531 g/mol. The highest BCUT2D eigenvalue weighted by Gasteiger charge is 2.23. The van der Waals surface area contributed by atoms with E-state index in [0.29, 0.717) is 27.4 Å². The van der Waals surface area contributed by atoms with Crippen molar-refractivity contribution in [3.8, 4) is 17.1 Å². The van der Waals surface area contributed by atoms with E-state index in [4.69, 9.17) is 11.6 Å². The van der Waals surface area contributed by atoms with Crippen LogP contribution in [0.15, 0.2) is 84.1 Å². The number of hydrogen-bond donors (Lipinski definition) is 3. The van der Waals surface area contributed by atoms with E-state index in [9.17, 15) is 9.59 Å². The molecule has 8 nitrogen and oxygen atoms in total. The van der Waals surface area contributed by atoms with Gasteiger partial charge in [0.15, 0.2) is 11.0 Å². The molecular weight excluding hydrogens is 508 g/mol. The molecule has 0 saturated carbocycles. The van der Waals surface area contributed by atoms with Gasteiger partial charge < -0.3 is 15.6 Å². The van der Waals surface area contributed by atoms with E-state index in [2.05, 4.69) is 25.8 Å². The summed E-state index contributed by atoms with van der Waals surface area (Å²) in [5.41, 5.74) is 4.02. The zero-order chi connectivity index (χ0) is 25.9. The number of nitrogens with zero attached hydrogens (tertiary/aromatic N) is 3. The van der Waals surface area contributed by atoms with E-state index in [1.54, 1.807) is 24.3 Å². The molecule has 37 heavy (non-hydrogen) atoms. The highest BCUT2D eigenvalue weighted by molar-refractivity contribution is 8.00. The zero-order valence-electron chi connectivity index (χ0n) is 20.0. The number of aromatic amines is 1. The highest BCUT2D eigenvalue weighted by Crippen LogP contribution is 2.34. The van der Waals surface area contributed by atoms with Crippen LogP contribution in [-0.4, -0.2) is 36.8 Å². The van der Waals surface area contributed by atoms with Crippen molar-refractivity contribution in [1.82, 2.24) is 19.7 Å². The average Bonchev–Trinajstić information content (AvgIpc) is 3.49. The number of rotatable bonds is 7. The van der Waals surface area contributed by atoms with Crippen LogP contribution in [0, 0.1) is 0 Å². The Morgan fingerprint density at radius 3 is 2.32 bits per heavy atom. The molecule has 2 aromatic heterocycles. The summed E-state index contributed by atoms with van der Waals surface area (Å²) in [6.45, 7) is 3.26. The number of hydrogen-bond acceptors (Lipinski definition) is 5. The minimum atomic E-state index is -0.471. The minimum Gasteiger partial charge on any atom is -0.360 e. The van der Waals surface area contributed by atoms with Crippen LogP contribution >= 0.6 is 23.4 Å². The largest absolute Gasteiger partial charge is 0.360 e. The van der Waals surface area contributed by atoms with Crippen LogP contribution in [0.2, 0.25) is 5.02 Å². The van der Waals surface area contributed by atoms with Crippen molar-refractivity contribution in [2.75, 3.05) is 10.6 Å². The van der Waals surface area contributed by atoms with Crippen molar-refractivity contribution in [2.24, 2.45) is 0 Å². The van der Waals surface area contributed by atoms with Gasteiger partial charge in [-0.05, 0) is 61.5 Å². The third kappa shape index (κ3) is 5.37. The number of aromatic nitrogens is 4. The zero-order valence-corrected chi connectivity index (χ0v) is 21.6. The Bertz CT molecular complexity index is 1580. The Morgan fingerprint density at radius 1 is 0.946 bits per heavy atom. The van der Waals surface area contributed by atoms with Gasteiger partial charge in [-0.15, -0.1) is 10.2 Å². The Balaban J connectivity index is 1.43. The first-order valence-electron chi connectivity index (χ1n) is 11.5. The van der Waals surface area contributed by atoms with Gasteiger partial charge in [0.2, 0.25) is 11.8 Å². The fourth-order valence-electron chi connectivity index (χ4n) is 3.90. The van der Waals surface area contributed by atoms with Gasteiger partial charge >= 0.3 is 0 Å². The fourth-order valence-corrected chi connectivity index (χ4v) is 4.89. The van der Waals surface area contributed by atoms with Gasteiger partial charge in [0.05, 0.1) is 5.25 Å². The van der Waals surface area contributed by atoms with Crippen molar-refractivity contribution < 1.29 is 9.59 Å². The molecule has 3 aromatic carbocycles. The highest BCUT2D eigenvalue weighted by atomic mass is 35.5. The van der Waals surface area contributed by atoms with Crippen molar-refractivity contribution in [3.05, 3.63) is 84.0 Å². The predicted molar refractivity (Wildman–Crippen MR) is 148 cm³/mol. The summed E-state index contributed by atoms with van der Waals surface area (Å²) >= 11 is 7.45. The fraction of sp³-hybridized carbons (Fsp3) is 0.111. The molecule has 0 radical (unpaired) electrons. The second kappa shape index (κ2) is 10.5. The van der Waals surface area contributed by atoms with E-state index in [1.165, 1.54) is 18.7 Å². The number of carbonyl (C=O) groups excluding carboxylic acids is 2. The van der Waals surface area contributed by atoms with Gasteiger partial charge in [-0.3, -0.25) is 14.2 Å². The number of halogens is 1. The lowest BCUT2D eigenvalue weighted by Gasteiger charge is -2.14. The quantitative estimate of drug-likeness (QED) is 0.219. The number of para-hydroxylation sites is 1. The van der Waals surface area contributed by atoms with E-state index in [-0.39, 0.29) is 11.8 Å². The number of fused-ring (bicyclic) bond motifs is 1. The molecule has 0 aliphatic rings. The second-order valence-corrected chi connectivity index (χ2v) is 10.1. The Labute approximate surface area is 222 Å². The normalized spacial score (nSPS) is 11.9. The molecule has 186 valence electrons. The first-order valence-corrected chi connectivity index (χ1v) is 12.8. The van der Waals surface area contributed by atoms with E-state index < -0.39 is 5.25 Å². The number of anilines is 2. The molecule has 10 heteroatoms. The molecule has 0 saturated heterocycles. The molecule has 0 bridgehead atoms. The summed E-state index contributed by atoms with van der Waals surface area (Å²) in [4.78, 5) is 27.5. The van der Waals surface area contributed by atoms with Crippen molar-refractivity contribution in [2.45, 2.75) is 24.3 Å². The molecule has 0 aliphatic heterocycles. The molecule has 5 rings (SSSR count). The smallest absolute Gasteiger partial charge is 0.237 e. The number of nitrogens with one attached hydrogen (secondary N) is 3. The van der Waals surface area contributed by atoms with Gasteiger partial charge in [0, 0.05) is 51.7 Å². The number of carbonyl (C=O) groups is 2. The van der Waals surface area contributed by atoms with Gasteiger partial charge in [-0.25, -0.2) is 0 Å². The number of H-pyrrole nitrogens is 1. The van der Waals surface area contributed by atoms with Crippen LogP contribution < -0.4 is 10.6 Å². The maximum Gasteiger partial charge on any atom is 0.237 e. The molecule has 3 N–H and O–H groups in total. The topological polar surface area (TPSA) is 105 Å². The molecule has 1 atom stereocenters. The maximum atomic E-state index is 13.0. The van der Waals surface area contributed by atoms with Crippen molar-refractivity contribution in [1.29, 1.82) is 0 Å². The third-order valence-electron chi connectivity index (χ3n) is 5.67. The Hall–Kier alpha value is -4.08. The lowest BCUT2D eigenvalue weighted by atomic mass is 10.1. The van der Waals surface area contributed by atoms with E-state index >= 15 is 0 Å². The van der Waals surface area contributed by atoms with Crippen LogP contribution in [0.25, 0.3) is 28.0 Å². The lowest BCUT2D eigenvalue weighted by molar-refractivity contribution is -0.115. The van der Waals surface area contributed by atoms with Crippen LogP contribution in [0.4, 0.5) is 11.4 Å². The Morgan fingerprint density at radius 2 is 1.62 bits per heavy atom. The second-order valence-electron chi connectivity index (χ2n) is 8.37. The first kappa shape index (κ1) is 24.6. The molecule has 0 fully saturated rings. The summed E-state index contributed by atoms with van der Waals surface area (Å²) in [5, 5.41) is 16.3. The summed E-state index contributed by atoms with van der Waals surface area (Å²) in [6, 6.07) is 22.4.